The van der Waals surface area contributed by atoms with E-state index < -0.39 is 0 Å². The number of ether oxygens (including phenoxy) is 1. The van der Waals surface area contributed by atoms with Crippen LogP contribution in [0.2, 0.25) is 0 Å². The van der Waals surface area contributed by atoms with Gasteiger partial charge in [-0.05, 0) is 48.7 Å². The van der Waals surface area contributed by atoms with Crippen molar-refractivity contribution in [1.82, 2.24) is 0 Å². The number of alkyl halides is 1. The van der Waals surface area contributed by atoms with Crippen LogP contribution < -0.4 is 4.74 Å². The van der Waals surface area contributed by atoms with E-state index in [1.807, 2.05) is 24.3 Å². The van der Waals surface area contributed by atoms with Crippen LogP contribution in [-0.4, -0.2) is 5.88 Å². The molecular weight excluding hydrogens is 280 g/mol. The van der Waals surface area contributed by atoms with Gasteiger partial charge in [-0.15, -0.1) is 11.6 Å². The number of hydrogen-bond acceptors (Lipinski definition) is 1. The van der Waals surface area contributed by atoms with Gasteiger partial charge in [0.15, 0.2) is 0 Å². The molecule has 0 radical (unpaired) electrons. The third-order valence-corrected chi connectivity index (χ3v) is 3.50. The minimum Gasteiger partial charge on any atom is -0.489 e. The molecule has 0 atom stereocenters. The summed E-state index contributed by atoms with van der Waals surface area (Å²) >= 11 is 5.62. The van der Waals surface area contributed by atoms with Crippen LogP contribution in [-0.2, 0) is 6.61 Å². The molecule has 0 aliphatic carbocycles. The quantitative estimate of drug-likeness (QED) is 0.578. The third kappa shape index (κ3) is 4.55. The van der Waals surface area contributed by atoms with Crippen LogP contribution in [0.5, 0.6) is 5.75 Å². The Morgan fingerprint density at radius 1 is 1.05 bits per heavy atom. The van der Waals surface area contributed by atoms with Crippen molar-refractivity contribution >= 4 is 11.6 Å². The van der Waals surface area contributed by atoms with Crippen molar-refractivity contribution in [3.63, 3.8) is 0 Å². The third-order valence-electron chi connectivity index (χ3n) is 3.31. The minimum absolute atomic E-state index is 0.565. The molecule has 0 bridgehead atoms. The van der Waals surface area contributed by atoms with Crippen LogP contribution >= 0.6 is 11.6 Å². The standard InChI is InChI=1S/C19H19ClO/c1-15-7-5-8-16(2)19(15)14-21-18-11-6-10-17(13-18)9-3-4-12-20/h5-8,10-11,13H,4,12,14H2,1-2H3. The van der Waals surface area contributed by atoms with Gasteiger partial charge in [0.2, 0.25) is 0 Å². The molecule has 0 spiro atoms. The Kier molecular flexibility index (Phi) is 5.72. The summed E-state index contributed by atoms with van der Waals surface area (Å²) in [7, 11) is 0. The molecule has 2 aromatic rings. The van der Waals surface area contributed by atoms with E-state index in [1.165, 1.54) is 16.7 Å². The minimum atomic E-state index is 0.565. The van der Waals surface area contributed by atoms with Crippen LogP contribution in [0.3, 0.4) is 0 Å². The van der Waals surface area contributed by atoms with Gasteiger partial charge in [0.1, 0.15) is 12.4 Å². The molecule has 108 valence electrons. The number of benzene rings is 2. The number of aryl methyl sites for hydroxylation is 2. The highest BCUT2D eigenvalue weighted by atomic mass is 35.5. The van der Waals surface area contributed by atoms with Crippen molar-refractivity contribution in [3.8, 4) is 17.6 Å². The topological polar surface area (TPSA) is 9.23 Å². The zero-order valence-electron chi connectivity index (χ0n) is 12.4. The summed E-state index contributed by atoms with van der Waals surface area (Å²) in [5.41, 5.74) is 4.72. The first-order chi connectivity index (χ1) is 10.2. The summed E-state index contributed by atoms with van der Waals surface area (Å²) in [6, 6.07) is 14.2. The van der Waals surface area contributed by atoms with E-state index >= 15 is 0 Å². The fourth-order valence-corrected chi connectivity index (χ4v) is 2.20. The van der Waals surface area contributed by atoms with Crippen molar-refractivity contribution in [2.45, 2.75) is 26.9 Å². The Bertz CT molecular complexity index is 645. The Hall–Kier alpha value is -1.91. The Morgan fingerprint density at radius 2 is 1.76 bits per heavy atom. The molecule has 0 unspecified atom stereocenters. The van der Waals surface area contributed by atoms with E-state index in [0.29, 0.717) is 18.9 Å². The molecule has 0 saturated heterocycles. The largest absolute Gasteiger partial charge is 0.489 e. The molecule has 0 amide bonds. The van der Waals surface area contributed by atoms with Crippen LogP contribution in [0.15, 0.2) is 42.5 Å². The molecule has 0 aromatic heterocycles. The molecule has 1 nitrogen and oxygen atoms in total. The average Bonchev–Trinajstić information content (AvgIpc) is 2.47. The van der Waals surface area contributed by atoms with Crippen molar-refractivity contribution in [1.29, 1.82) is 0 Å². The van der Waals surface area contributed by atoms with Crippen LogP contribution in [0.25, 0.3) is 0 Å². The maximum Gasteiger partial charge on any atom is 0.121 e. The fraction of sp³-hybridized carbons (Fsp3) is 0.263. The maximum atomic E-state index is 5.91. The van der Waals surface area contributed by atoms with Gasteiger partial charge in [0, 0.05) is 17.9 Å². The molecule has 2 heteroatoms. The van der Waals surface area contributed by atoms with Gasteiger partial charge < -0.3 is 4.74 Å². The van der Waals surface area contributed by atoms with Crippen molar-refractivity contribution in [2.24, 2.45) is 0 Å². The summed E-state index contributed by atoms with van der Waals surface area (Å²) in [5, 5.41) is 0. The van der Waals surface area contributed by atoms with Gasteiger partial charge in [-0.2, -0.15) is 0 Å². The zero-order valence-corrected chi connectivity index (χ0v) is 13.2. The first kappa shape index (κ1) is 15.5. The average molecular weight is 299 g/mol. The van der Waals surface area contributed by atoms with E-state index in [-0.39, 0.29) is 0 Å². The van der Waals surface area contributed by atoms with Gasteiger partial charge in [-0.1, -0.05) is 36.1 Å². The highest BCUT2D eigenvalue weighted by molar-refractivity contribution is 6.18. The smallest absolute Gasteiger partial charge is 0.121 e. The summed E-state index contributed by atoms with van der Waals surface area (Å²) in [4.78, 5) is 0. The van der Waals surface area contributed by atoms with E-state index in [2.05, 4.69) is 43.9 Å². The van der Waals surface area contributed by atoms with E-state index in [1.54, 1.807) is 0 Å². The highest BCUT2D eigenvalue weighted by Crippen LogP contribution is 2.18. The van der Waals surface area contributed by atoms with E-state index in [0.717, 1.165) is 11.3 Å². The maximum absolute atomic E-state index is 5.91. The second-order valence-electron chi connectivity index (χ2n) is 4.93. The first-order valence-electron chi connectivity index (χ1n) is 7.03. The lowest BCUT2D eigenvalue weighted by atomic mass is 10.0. The van der Waals surface area contributed by atoms with Crippen molar-refractivity contribution < 1.29 is 4.74 Å². The molecule has 21 heavy (non-hydrogen) atoms. The summed E-state index contributed by atoms with van der Waals surface area (Å²) in [6.07, 6.45) is 0.703. The van der Waals surface area contributed by atoms with Crippen molar-refractivity contribution in [3.05, 3.63) is 64.7 Å². The number of rotatable bonds is 4. The van der Waals surface area contributed by atoms with Crippen LogP contribution in [0.1, 0.15) is 28.7 Å². The second-order valence-corrected chi connectivity index (χ2v) is 5.31. The molecule has 0 aliphatic heterocycles. The highest BCUT2D eigenvalue weighted by Gasteiger charge is 2.03. The van der Waals surface area contributed by atoms with E-state index in [4.69, 9.17) is 16.3 Å². The molecule has 2 rings (SSSR count). The van der Waals surface area contributed by atoms with Gasteiger partial charge >= 0.3 is 0 Å². The molecular formula is C19H19ClO. The zero-order chi connectivity index (χ0) is 15.1. The lowest BCUT2D eigenvalue weighted by Gasteiger charge is -2.11. The molecule has 0 heterocycles. The lowest BCUT2D eigenvalue weighted by molar-refractivity contribution is 0.304. The SMILES string of the molecule is Cc1cccc(C)c1COc1cccc(C#CCCCl)c1. The van der Waals surface area contributed by atoms with E-state index in [9.17, 15) is 0 Å². The summed E-state index contributed by atoms with van der Waals surface area (Å²) < 4.78 is 5.91. The Morgan fingerprint density at radius 3 is 2.48 bits per heavy atom. The Balaban J connectivity index is 2.07. The van der Waals surface area contributed by atoms with Crippen molar-refractivity contribution in [2.75, 3.05) is 5.88 Å². The number of halogens is 1. The van der Waals surface area contributed by atoms with Crippen LogP contribution in [0, 0.1) is 25.7 Å². The fourth-order valence-electron chi connectivity index (χ4n) is 2.11. The predicted octanol–water partition coefficient (Wildman–Crippen LogP) is 4.86. The number of hydrogen-bond donors (Lipinski definition) is 0. The molecule has 0 saturated carbocycles. The van der Waals surface area contributed by atoms with Crippen LogP contribution in [0.4, 0.5) is 0 Å². The van der Waals surface area contributed by atoms with Gasteiger partial charge in [-0.3, -0.25) is 0 Å². The first-order valence-corrected chi connectivity index (χ1v) is 7.57. The molecule has 0 aliphatic rings. The lowest BCUT2D eigenvalue weighted by Crippen LogP contribution is -2.00. The molecule has 0 fully saturated rings. The molecule has 0 N–H and O–H groups in total. The molecule has 2 aromatic carbocycles. The summed E-state index contributed by atoms with van der Waals surface area (Å²) in [6.45, 7) is 4.80. The monoisotopic (exact) mass is 298 g/mol. The predicted molar refractivity (Wildman–Crippen MR) is 88.9 cm³/mol. The van der Waals surface area contributed by atoms with Gasteiger partial charge in [-0.25, -0.2) is 0 Å². The normalized spacial score (nSPS) is 9.86. The van der Waals surface area contributed by atoms with Gasteiger partial charge in [0.05, 0.1) is 0 Å². The van der Waals surface area contributed by atoms with Gasteiger partial charge in [0.25, 0.3) is 0 Å². The summed E-state index contributed by atoms with van der Waals surface area (Å²) in [5.74, 6) is 7.53. The Labute approximate surface area is 131 Å². The second kappa shape index (κ2) is 7.76.